The van der Waals surface area contributed by atoms with Gasteiger partial charge in [-0.1, -0.05) is 60.7 Å². The van der Waals surface area contributed by atoms with E-state index in [2.05, 4.69) is 15.5 Å². The van der Waals surface area contributed by atoms with Gasteiger partial charge in [0.1, 0.15) is 13.2 Å². The minimum Gasteiger partial charge on any atom is -0.485 e. The molecule has 3 aromatic carbocycles. The first-order chi connectivity index (χ1) is 17.7. The third kappa shape index (κ3) is 7.68. The Bertz CT molecular complexity index is 1280. The van der Waals surface area contributed by atoms with Gasteiger partial charge in [-0.05, 0) is 41.8 Å². The lowest BCUT2D eigenvalue weighted by Gasteiger charge is -2.14. The van der Waals surface area contributed by atoms with Gasteiger partial charge in [0.15, 0.2) is 11.5 Å². The predicted molar refractivity (Wildman–Crippen MR) is 142 cm³/mol. The molecule has 0 aliphatic rings. The van der Waals surface area contributed by atoms with Gasteiger partial charge in [-0.2, -0.15) is 5.10 Å². The van der Waals surface area contributed by atoms with Crippen molar-refractivity contribution in [1.29, 1.82) is 0 Å². The van der Waals surface area contributed by atoms with E-state index < -0.39 is 0 Å². The SMILES string of the molecule is CCOC(=O)Cc1csc(NN=Cc2ccc(OCc3ccccc3)c(OCc3ccccc3)c2)n1. The number of nitrogens with one attached hydrogen (secondary N) is 1. The van der Waals surface area contributed by atoms with Crippen molar-refractivity contribution in [2.45, 2.75) is 26.6 Å². The Hall–Kier alpha value is -4.17. The van der Waals surface area contributed by atoms with Crippen LogP contribution in [0.25, 0.3) is 0 Å². The zero-order valence-corrected chi connectivity index (χ0v) is 20.7. The maximum atomic E-state index is 11.6. The molecule has 0 aliphatic heterocycles. The number of hydrogen-bond acceptors (Lipinski definition) is 8. The normalized spacial score (nSPS) is 10.8. The average Bonchev–Trinajstić information content (AvgIpc) is 3.35. The summed E-state index contributed by atoms with van der Waals surface area (Å²) >= 11 is 1.37. The minimum atomic E-state index is -0.296. The number of esters is 1. The number of benzene rings is 3. The van der Waals surface area contributed by atoms with Gasteiger partial charge in [0.25, 0.3) is 0 Å². The molecule has 0 amide bonds. The van der Waals surface area contributed by atoms with Gasteiger partial charge in [-0.15, -0.1) is 11.3 Å². The van der Waals surface area contributed by atoms with Crippen molar-refractivity contribution >= 4 is 28.7 Å². The Kier molecular flexibility index (Phi) is 9.05. The standard InChI is InChI=1S/C28H27N3O4S/c1-2-33-27(32)16-24-20-36-28(30-24)31-29-17-23-13-14-25(34-18-21-9-5-3-6-10-21)26(15-23)35-19-22-11-7-4-8-12-22/h3-15,17,20H,2,16,18-19H2,1H3,(H,30,31). The summed E-state index contributed by atoms with van der Waals surface area (Å²) in [6, 6.07) is 25.7. The number of carbonyl (C=O) groups excluding carboxylic acids is 1. The molecule has 184 valence electrons. The van der Waals surface area contributed by atoms with E-state index in [-0.39, 0.29) is 12.4 Å². The van der Waals surface area contributed by atoms with E-state index >= 15 is 0 Å². The van der Waals surface area contributed by atoms with E-state index in [1.807, 2.05) is 84.2 Å². The average molecular weight is 502 g/mol. The van der Waals surface area contributed by atoms with E-state index in [1.165, 1.54) is 11.3 Å². The van der Waals surface area contributed by atoms with Gasteiger partial charge in [-0.3, -0.25) is 10.2 Å². The second-order valence-corrected chi connectivity index (χ2v) is 8.61. The smallest absolute Gasteiger partial charge is 0.311 e. The Balaban J connectivity index is 1.42. The molecule has 4 aromatic rings. The highest BCUT2D eigenvalue weighted by molar-refractivity contribution is 7.13. The van der Waals surface area contributed by atoms with Crippen molar-refractivity contribution in [2.75, 3.05) is 12.0 Å². The number of anilines is 1. The molecule has 0 radical (unpaired) electrons. The fourth-order valence-corrected chi connectivity index (χ4v) is 3.93. The number of hydrogen-bond donors (Lipinski definition) is 1. The van der Waals surface area contributed by atoms with Crippen molar-refractivity contribution < 1.29 is 19.0 Å². The third-order valence-electron chi connectivity index (χ3n) is 5.00. The lowest BCUT2D eigenvalue weighted by Crippen LogP contribution is -2.07. The number of thiazole rings is 1. The number of rotatable bonds is 12. The van der Waals surface area contributed by atoms with E-state index in [1.54, 1.807) is 13.1 Å². The summed E-state index contributed by atoms with van der Waals surface area (Å²) in [7, 11) is 0. The number of nitrogens with zero attached hydrogens (tertiary/aromatic N) is 2. The molecule has 7 nitrogen and oxygen atoms in total. The molecular weight excluding hydrogens is 474 g/mol. The van der Waals surface area contributed by atoms with Gasteiger partial charge in [0.2, 0.25) is 5.13 Å². The van der Waals surface area contributed by atoms with E-state index in [9.17, 15) is 4.79 Å². The van der Waals surface area contributed by atoms with Crippen LogP contribution in [0.1, 0.15) is 29.3 Å². The van der Waals surface area contributed by atoms with Crippen molar-refractivity contribution in [3.63, 3.8) is 0 Å². The lowest BCUT2D eigenvalue weighted by molar-refractivity contribution is -0.142. The first-order valence-electron chi connectivity index (χ1n) is 11.6. The summed E-state index contributed by atoms with van der Waals surface area (Å²) in [5.41, 5.74) is 6.53. The second-order valence-electron chi connectivity index (χ2n) is 7.75. The highest BCUT2D eigenvalue weighted by Crippen LogP contribution is 2.30. The molecule has 0 bridgehead atoms. The molecule has 4 rings (SSSR count). The predicted octanol–water partition coefficient (Wildman–Crippen LogP) is 5.85. The highest BCUT2D eigenvalue weighted by atomic mass is 32.1. The van der Waals surface area contributed by atoms with Gasteiger partial charge < -0.3 is 14.2 Å². The fourth-order valence-electron chi connectivity index (χ4n) is 3.27. The summed E-state index contributed by atoms with van der Waals surface area (Å²) in [6.07, 6.45) is 1.82. The zero-order chi connectivity index (χ0) is 25.0. The molecule has 8 heteroatoms. The maximum absolute atomic E-state index is 11.6. The van der Waals surface area contributed by atoms with Crippen LogP contribution in [0.3, 0.4) is 0 Å². The highest BCUT2D eigenvalue weighted by Gasteiger charge is 2.09. The summed E-state index contributed by atoms with van der Waals surface area (Å²) < 4.78 is 17.1. The summed E-state index contributed by atoms with van der Waals surface area (Å²) in [4.78, 5) is 16.0. The molecule has 0 fully saturated rings. The Morgan fingerprint density at radius 1 is 0.944 bits per heavy atom. The Morgan fingerprint density at radius 3 is 2.28 bits per heavy atom. The van der Waals surface area contributed by atoms with Crippen molar-refractivity contribution in [1.82, 2.24) is 4.98 Å². The Morgan fingerprint density at radius 2 is 1.61 bits per heavy atom. The molecule has 0 saturated heterocycles. The summed E-state index contributed by atoms with van der Waals surface area (Å²) in [5, 5.41) is 6.68. The van der Waals surface area contributed by atoms with E-state index in [0.717, 1.165) is 16.7 Å². The summed E-state index contributed by atoms with van der Waals surface area (Å²) in [6.45, 7) is 2.99. The number of aromatic nitrogens is 1. The monoisotopic (exact) mass is 501 g/mol. The van der Waals surface area contributed by atoms with E-state index in [0.29, 0.717) is 42.1 Å². The second kappa shape index (κ2) is 13.1. The molecular formula is C28H27N3O4S. The number of hydrazone groups is 1. The first kappa shape index (κ1) is 24.9. The first-order valence-corrected chi connectivity index (χ1v) is 12.4. The molecule has 0 saturated carbocycles. The molecule has 1 heterocycles. The maximum Gasteiger partial charge on any atom is 0.311 e. The van der Waals surface area contributed by atoms with Crippen LogP contribution in [-0.4, -0.2) is 23.8 Å². The van der Waals surface area contributed by atoms with Crippen LogP contribution in [0.2, 0.25) is 0 Å². The topological polar surface area (TPSA) is 82.0 Å². The van der Waals surface area contributed by atoms with Crippen LogP contribution in [0, 0.1) is 0 Å². The van der Waals surface area contributed by atoms with Gasteiger partial charge in [-0.25, -0.2) is 4.98 Å². The molecule has 1 aromatic heterocycles. The number of ether oxygens (including phenoxy) is 3. The largest absolute Gasteiger partial charge is 0.485 e. The van der Waals surface area contributed by atoms with Gasteiger partial charge in [0.05, 0.1) is 24.9 Å². The molecule has 0 aliphatic carbocycles. The molecule has 36 heavy (non-hydrogen) atoms. The quantitative estimate of drug-likeness (QED) is 0.149. The van der Waals surface area contributed by atoms with Gasteiger partial charge in [0, 0.05) is 5.38 Å². The molecule has 0 unspecified atom stereocenters. The zero-order valence-electron chi connectivity index (χ0n) is 19.9. The number of carbonyl (C=O) groups is 1. The third-order valence-corrected chi connectivity index (χ3v) is 5.79. The molecule has 0 spiro atoms. The Labute approximate surface area is 214 Å². The molecule has 0 atom stereocenters. The van der Waals surface area contributed by atoms with Crippen LogP contribution in [-0.2, 0) is 29.2 Å². The van der Waals surface area contributed by atoms with Crippen LogP contribution in [0.4, 0.5) is 5.13 Å². The van der Waals surface area contributed by atoms with E-state index in [4.69, 9.17) is 14.2 Å². The van der Waals surface area contributed by atoms with Crippen LogP contribution in [0.15, 0.2) is 89.3 Å². The lowest BCUT2D eigenvalue weighted by atomic mass is 10.2. The van der Waals surface area contributed by atoms with Crippen molar-refractivity contribution in [2.24, 2.45) is 5.10 Å². The van der Waals surface area contributed by atoms with Crippen molar-refractivity contribution in [3.05, 3.63) is 107 Å². The van der Waals surface area contributed by atoms with Crippen LogP contribution >= 0.6 is 11.3 Å². The van der Waals surface area contributed by atoms with Gasteiger partial charge >= 0.3 is 5.97 Å². The fraction of sp³-hybridized carbons (Fsp3) is 0.179. The van der Waals surface area contributed by atoms with Crippen LogP contribution < -0.4 is 14.9 Å². The minimum absolute atomic E-state index is 0.141. The molecule has 1 N–H and O–H groups in total. The van der Waals surface area contributed by atoms with Crippen molar-refractivity contribution in [3.8, 4) is 11.5 Å². The summed E-state index contributed by atoms with van der Waals surface area (Å²) in [5.74, 6) is 0.989. The van der Waals surface area contributed by atoms with Crippen LogP contribution in [0.5, 0.6) is 11.5 Å².